The van der Waals surface area contributed by atoms with Crippen molar-refractivity contribution in [1.82, 2.24) is 30.5 Å². The third kappa shape index (κ3) is 2.76. The van der Waals surface area contributed by atoms with Crippen LogP contribution < -0.4 is 10.6 Å². The van der Waals surface area contributed by atoms with Gasteiger partial charge in [-0.2, -0.15) is 0 Å². The maximum absolute atomic E-state index is 12.7. The van der Waals surface area contributed by atoms with Crippen LogP contribution in [0.5, 0.6) is 0 Å². The van der Waals surface area contributed by atoms with Gasteiger partial charge in [-0.1, -0.05) is 6.07 Å². The molecule has 3 N–H and O–H groups in total. The van der Waals surface area contributed by atoms with Gasteiger partial charge in [0.05, 0.1) is 17.7 Å². The number of pyridine rings is 1. The highest BCUT2D eigenvalue weighted by Gasteiger charge is 2.54. The maximum Gasteiger partial charge on any atom is 0.322 e. The van der Waals surface area contributed by atoms with E-state index in [0.717, 1.165) is 43.9 Å². The number of imide groups is 1. The lowest BCUT2D eigenvalue weighted by molar-refractivity contribution is -0.127. The number of urea groups is 1. The largest absolute Gasteiger partial charge is 0.348 e. The van der Waals surface area contributed by atoms with Crippen molar-refractivity contribution in [3.8, 4) is 0 Å². The Labute approximate surface area is 151 Å². The molecule has 0 bridgehead atoms. The molecule has 2 saturated heterocycles. The number of aromatic amines is 1. The molecule has 1 atom stereocenters. The predicted molar refractivity (Wildman–Crippen MR) is 93.9 cm³/mol. The highest BCUT2D eigenvalue weighted by Crippen LogP contribution is 2.38. The Kier molecular flexibility index (Phi) is 4.20. The van der Waals surface area contributed by atoms with E-state index in [9.17, 15) is 9.59 Å². The number of aryl methyl sites for hydroxylation is 1. The Morgan fingerprint density at radius 2 is 2.04 bits per heavy atom. The van der Waals surface area contributed by atoms with Crippen LogP contribution in [0.2, 0.25) is 0 Å². The van der Waals surface area contributed by atoms with Gasteiger partial charge in [0, 0.05) is 18.4 Å². The maximum atomic E-state index is 12.7. The van der Waals surface area contributed by atoms with Gasteiger partial charge in [0.25, 0.3) is 5.91 Å². The smallest absolute Gasteiger partial charge is 0.322 e. The van der Waals surface area contributed by atoms with Gasteiger partial charge < -0.3 is 10.3 Å². The van der Waals surface area contributed by atoms with Crippen LogP contribution in [0.1, 0.15) is 29.9 Å². The number of nitrogens with one attached hydrogen (secondary N) is 3. The first kappa shape index (κ1) is 16.7. The molecule has 0 aromatic carbocycles. The summed E-state index contributed by atoms with van der Waals surface area (Å²) in [5, 5.41) is 5.28. The first-order valence-electron chi connectivity index (χ1n) is 8.86. The van der Waals surface area contributed by atoms with Crippen molar-refractivity contribution in [3.63, 3.8) is 0 Å². The van der Waals surface area contributed by atoms with Crippen LogP contribution in [-0.2, 0) is 16.9 Å². The molecule has 2 aromatic rings. The molecule has 4 rings (SSSR count). The predicted octanol–water partition coefficient (Wildman–Crippen LogP) is 1.06. The minimum absolute atomic E-state index is 0.000353. The number of likely N-dealkylation sites (tertiary alicyclic amines) is 1. The van der Waals surface area contributed by atoms with Gasteiger partial charge >= 0.3 is 6.03 Å². The summed E-state index contributed by atoms with van der Waals surface area (Å²) in [4.78, 5) is 38.8. The molecule has 8 nitrogen and oxygen atoms in total. The molecule has 0 radical (unpaired) electrons. The van der Waals surface area contributed by atoms with Crippen molar-refractivity contribution >= 4 is 11.9 Å². The Hall–Kier alpha value is -2.74. The van der Waals surface area contributed by atoms with Gasteiger partial charge in [0.1, 0.15) is 0 Å². The standard InChI is InChI=1S/C18H22N6O2/c1-12-14(21-11-20-12)10-24-8-5-13(6-9-24)18(15-4-2-3-7-19-15)16(25)22-17(26)23-18/h2-4,7,11,13H,5-6,8-10H2,1H3,(H,20,21)(H2,22,23,25,26). The first-order valence-corrected chi connectivity index (χ1v) is 8.86. The monoisotopic (exact) mass is 354 g/mol. The van der Waals surface area contributed by atoms with Crippen LogP contribution in [0.25, 0.3) is 0 Å². The van der Waals surface area contributed by atoms with Crippen LogP contribution in [0.4, 0.5) is 4.79 Å². The number of hydrogen-bond acceptors (Lipinski definition) is 5. The van der Waals surface area contributed by atoms with Crippen LogP contribution in [-0.4, -0.2) is 44.9 Å². The van der Waals surface area contributed by atoms with Crippen molar-refractivity contribution in [1.29, 1.82) is 0 Å². The second-order valence-corrected chi connectivity index (χ2v) is 6.96. The normalized spacial score (nSPS) is 24.5. The molecule has 0 aliphatic carbocycles. The number of aromatic nitrogens is 3. The molecule has 8 heteroatoms. The Morgan fingerprint density at radius 3 is 2.62 bits per heavy atom. The molecular formula is C18H22N6O2. The zero-order valence-electron chi connectivity index (χ0n) is 14.7. The van der Waals surface area contributed by atoms with E-state index in [0.29, 0.717) is 5.69 Å². The number of nitrogens with zero attached hydrogens (tertiary/aromatic N) is 3. The quantitative estimate of drug-likeness (QED) is 0.713. The molecule has 2 aliphatic rings. The van der Waals surface area contributed by atoms with Crippen molar-refractivity contribution in [2.45, 2.75) is 31.8 Å². The molecule has 2 aromatic heterocycles. The zero-order chi connectivity index (χ0) is 18.1. The van der Waals surface area contributed by atoms with Crippen molar-refractivity contribution in [2.24, 2.45) is 5.92 Å². The van der Waals surface area contributed by atoms with Gasteiger partial charge in [-0.25, -0.2) is 9.78 Å². The second-order valence-electron chi connectivity index (χ2n) is 6.96. The molecule has 0 spiro atoms. The molecular weight excluding hydrogens is 332 g/mol. The van der Waals surface area contributed by atoms with Gasteiger partial charge in [0.2, 0.25) is 0 Å². The molecule has 0 saturated carbocycles. The summed E-state index contributed by atoms with van der Waals surface area (Å²) >= 11 is 0. The summed E-state index contributed by atoms with van der Waals surface area (Å²) < 4.78 is 0. The lowest BCUT2D eigenvalue weighted by atomic mass is 9.75. The summed E-state index contributed by atoms with van der Waals surface area (Å²) in [6.07, 6.45) is 4.97. The van der Waals surface area contributed by atoms with Crippen LogP contribution in [0.15, 0.2) is 30.7 Å². The van der Waals surface area contributed by atoms with Gasteiger partial charge in [-0.3, -0.25) is 20.0 Å². The second kappa shape index (κ2) is 6.53. The van der Waals surface area contributed by atoms with Gasteiger partial charge in [0.15, 0.2) is 5.54 Å². The number of H-pyrrole nitrogens is 1. The first-order chi connectivity index (χ1) is 12.6. The van der Waals surface area contributed by atoms with E-state index in [2.05, 4.69) is 30.5 Å². The van der Waals surface area contributed by atoms with Crippen LogP contribution >= 0.6 is 0 Å². The number of rotatable bonds is 4. The SMILES string of the molecule is Cc1[nH]cnc1CN1CCC(C2(c3ccccn3)NC(=O)NC2=O)CC1. The molecule has 1 unspecified atom stereocenters. The summed E-state index contributed by atoms with van der Waals surface area (Å²) in [5.74, 6) is -0.303. The average Bonchev–Trinajstić information content (AvgIpc) is 3.19. The van der Waals surface area contributed by atoms with Crippen LogP contribution in [0.3, 0.4) is 0 Å². The number of carbonyl (C=O) groups excluding carboxylic acids is 2. The van der Waals surface area contributed by atoms with E-state index in [-0.39, 0.29) is 11.8 Å². The number of hydrogen-bond donors (Lipinski definition) is 3. The highest BCUT2D eigenvalue weighted by atomic mass is 16.2. The highest BCUT2D eigenvalue weighted by molar-refractivity contribution is 6.07. The molecule has 2 aliphatic heterocycles. The fourth-order valence-electron chi connectivity index (χ4n) is 4.02. The molecule has 4 heterocycles. The minimum atomic E-state index is -1.08. The van der Waals surface area contributed by atoms with E-state index in [4.69, 9.17) is 0 Å². The zero-order valence-corrected chi connectivity index (χ0v) is 14.7. The van der Waals surface area contributed by atoms with E-state index >= 15 is 0 Å². The fourth-order valence-corrected chi connectivity index (χ4v) is 4.02. The molecule has 2 fully saturated rings. The summed E-state index contributed by atoms with van der Waals surface area (Å²) in [7, 11) is 0. The number of amides is 3. The van der Waals surface area contributed by atoms with Crippen LogP contribution in [0, 0.1) is 12.8 Å². The summed E-state index contributed by atoms with van der Waals surface area (Å²) in [6, 6.07) is 5.01. The van der Waals surface area contributed by atoms with Gasteiger partial charge in [-0.15, -0.1) is 0 Å². The molecule has 136 valence electrons. The molecule has 26 heavy (non-hydrogen) atoms. The van der Waals surface area contributed by atoms with E-state index in [1.165, 1.54) is 0 Å². The molecule has 3 amide bonds. The van der Waals surface area contributed by atoms with Crippen molar-refractivity contribution in [2.75, 3.05) is 13.1 Å². The number of imidazole rings is 1. The Balaban J connectivity index is 1.53. The third-order valence-electron chi connectivity index (χ3n) is 5.47. The Bertz CT molecular complexity index is 812. The fraction of sp³-hybridized carbons (Fsp3) is 0.444. The number of piperidine rings is 1. The topological polar surface area (TPSA) is 103 Å². The summed E-state index contributed by atoms with van der Waals surface area (Å²) in [5.41, 5.74) is 1.66. The van der Waals surface area contributed by atoms with E-state index in [1.807, 2.05) is 19.1 Å². The van der Waals surface area contributed by atoms with Crippen molar-refractivity contribution < 1.29 is 9.59 Å². The average molecular weight is 354 g/mol. The van der Waals surface area contributed by atoms with E-state index in [1.54, 1.807) is 18.6 Å². The Morgan fingerprint density at radius 1 is 1.23 bits per heavy atom. The summed E-state index contributed by atoms with van der Waals surface area (Å²) in [6.45, 7) is 4.49. The van der Waals surface area contributed by atoms with Crippen molar-refractivity contribution in [3.05, 3.63) is 47.8 Å². The minimum Gasteiger partial charge on any atom is -0.348 e. The lowest BCUT2D eigenvalue weighted by Gasteiger charge is -2.40. The van der Waals surface area contributed by atoms with Gasteiger partial charge in [-0.05, 0) is 50.9 Å². The lowest BCUT2D eigenvalue weighted by Crippen LogP contribution is -2.53. The van der Waals surface area contributed by atoms with E-state index < -0.39 is 11.6 Å². The third-order valence-corrected chi connectivity index (χ3v) is 5.47. The number of carbonyl (C=O) groups is 2.